The molecule has 20 heavy (non-hydrogen) atoms. The van der Waals surface area contributed by atoms with Gasteiger partial charge in [-0.2, -0.15) is 0 Å². The van der Waals surface area contributed by atoms with E-state index in [1.54, 1.807) is 11.3 Å². The summed E-state index contributed by atoms with van der Waals surface area (Å²) in [5.41, 5.74) is 0. The molecule has 2 aromatic rings. The fourth-order valence-electron chi connectivity index (χ4n) is 1.84. The van der Waals surface area contributed by atoms with E-state index in [1.165, 1.54) is 11.8 Å². The molecule has 1 unspecified atom stereocenters. The minimum absolute atomic E-state index is 0.00921. The summed E-state index contributed by atoms with van der Waals surface area (Å²) in [6.07, 6.45) is 2.59. The van der Waals surface area contributed by atoms with Gasteiger partial charge in [-0.15, -0.1) is 21.5 Å². The lowest BCUT2D eigenvalue weighted by Gasteiger charge is -2.15. The molecule has 2 aromatic heterocycles. The van der Waals surface area contributed by atoms with E-state index < -0.39 is 5.97 Å². The first-order chi connectivity index (χ1) is 9.52. The predicted molar refractivity (Wildman–Crippen MR) is 78.4 cm³/mol. The van der Waals surface area contributed by atoms with Gasteiger partial charge in [0.05, 0.1) is 11.8 Å². The molecule has 0 aliphatic carbocycles. The lowest BCUT2D eigenvalue weighted by Crippen LogP contribution is -2.12. The van der Waals surface area contributed by atoms with Crippen molar-refractivity contribution in [2.75, 3.05) is 5.75 Å². The first-order valence-corrected chi connectivity index (χ1v) is 8.03. The molecule has 1 atom stereocenters. The third-order valence-electron chi connectivity index (χ3n) is 2.76. The van der Waals surface area contributed by atoms with Crippen molar-refractivity contribution >= 4 is 29.1 Å². The number of aromatic nitrogens is 4. The molecule has 0 saturated heterocycles. The third-order valence-corrected chi connectivity index (χ3v) is 4.77. The highest BCUT2D eigenvalue weighted by atomic mass is 32.2. The van der Waals surface area contributed by atoms with Crippen LogP contribution in [0.1, 0.15) is 35.6 Å². The van der Waals surface area contributed by atoms with Gasteiger partial charge in [0, 0.05) is 17.5 Å². The first-order valence-electron chi connectivity index (χ1n) is 6.23. The smallest absolute Gasteiger partial charge is 0.313 e. The fraction of sp³-hybridized carbons (Fsp3) is 0.500. The summed E-state index contributed by atoms with van der Waals surface area (Å²) >= 11 is 2.82. The average molecular weight is 312 g/mol. The Balaban J connectivity index is 2.32. The van der Waals surface area contributed by atoms with E-state index >= 15 is 0 Å². The summed E-state index contributed by atoms with van der Waals surface area (Å²) < 4.78 is 1.98. The van der Waals surface area contributed by atoms with E-state index in [1.807, 2.05) is 31.5 Å². The maximum absolute atomic E-state index is 10.7. The normalized spacial score (nSPS) is 12.6. The van der Waals surface area contributed by atoms with Crippen molar-refractivity contribution in [1.29, 1.82) is 0 Å². The molecule has 6 nitrogen and oxygen atoms in total. The Hall–Kier alpha value is -1.41. The Morgan fingerprint density at radius 2 is 2.30 bits per heavy atom. The highest BCUT2D eigenvalue weighted by molar-refractivity contribution is 7.99. The summed E-state index contributed by atoms with van der Waals surface area (Å²) in [5, 5.41) is 18.7. The van der Waals surface area contributed by atoms with Crippen LogP contribution < -0.4 is 0 Å². The molecule has 0 aliphatic heterocycles. The number of carboxylic acid groups (broad SMARTS) is 1. The number of thioether (sulfide) groups is 1. The SMILES string of the molecule is CCc1nnc(SCC(=O)O)n1C(C)c1ncc(C)s1. The number of carbonyl (C=O) groups is 1. The van der Waals surface area contributed by atoms with Crippen LogP contribution >= 0.6 is 23.1 Å². The second-order valence-electron chi connectivity index (χ2n) is 4.29. The van der Waals surface area contributed by atoms with Crippen molar-refractivity contribution in [3.05, 3.63) is 21.9 Å². The largest absolute Gasteiger partial charge is 0.481 e. The molecule has 0 aliphatic rings. The van der Waals surface area contributed by atoms with E-state index in [4.69, 9.17) is 5.11 Å². The standard InChI is InChI=1S/C12H16N4O2S2/c1-4-9-14-15-12(19-6-10(17)18)16(9)8(3)11-13-5-7(2)20-11/h5,8H,4,6H2,1-3H3,(H,17,18). The third kappa shape index (κ3) is 3.18. The molecule has 2 heterocycles. The maximum Gasteiger partial charge on any atom is 0.313 e. The van der Waals surface area contributed by atoms with Crippen LogP contribution in [0.2, 0.25) is 0 Å². The van der Waals surface area contributed by atoms with E-state index in [9.17, 15) is 4.79 Å². The van der Waals surface area contributed by atoms with Crippen molar-refractivity contribution in [2.45, 2.75) is 38.4 Å². The molecule has 1 N–H and O–H groups in total. The van der Waals surface area contributed by atoms with Gasteiger partial charge in [-0.05, 0) is 13.8 Å². The second-order valence-corrected chi connectivity index (χ2v) is 6.50. The Morgan fingerprint density at radius 1 is 1.55 bits per heavy atom. The Kier molecular flexibility index (Phi) is 4.77. The van der Waals surface area contributed by atoms with Crippen LogP contribution in [-0.2, 0) is 11.2 Å². The quantitative estimate of drug-likeness (QED) is 0.825. The monoisotopic (exact) mass is 312 g/mol. The molecule has 8 heteroatoms. The van der Waals surface area contributed by atoms with Gasteiger partial charge >= 0.3 is 5.97 Å². The van der Waals surface area contributed by atoms with E-state index in [0.29, 0.717) is 5.16 Å². The second kappa shape index (κ2) is 6.36. The van der Waals surface area contributed by atoms with Crippen molar-refractivity contribution in [3.63, 3.8) is 0 Å². The van der Waals surface area contributed by atoms with Crippen LogP contribution in [0.25, 0.3) is 0 Å². The maximum atomic E-state index is 10.7. The molecular weight excluding hydrogens is 296 g/mol. The van der Waals surface area contributed by atoms with Gasteiger partial charge in [-0.25, -0.2) is 4.98 Å². The van der Waals surface area contributed by atoms with Crippen LogP contribution in [0.4, 0.5) is 0 Å². The number of thiazole rings is 1. The molecule has 0 fully saturated rings. The summed E-state index contributed by atoms with van der Waals surface area (Å²) in [4.78, 5) is 16.3. The van der Waals surface area contributed by atoms with Crippen LogP contribution in [0.5, 0.6) is 0 Å². The number of nitrogens with zero attached hydrogens (tertiary/aromatic N) is 4. The molecule has 0 bridgehead atoms. The number of hydrogen-bond donors (Lipinski definition) is 1. The van der Waals surface area contributed by atoms with Gasteiger partial charge in [0.25, 0.3) is 0 Å². The van der Waals surface area contributed by atoms with Crippen LogP contribution in [0.3, 0.4) is 0 Å². The van der Waals surface area contributed by atoms with Crippen molar-refractivity contribution < 1.29 is 9.90 Å². The van der Waals surface area contributed by atoms with Gasteiger partial charge < -0.3 is 5.11 Å². The summed E-state index contributed by atoms with van der Waals surface area (Å²) in [6, 6.07) is 0.00921. The zero-order valence-corrected chi connectivity index (χ0v) is 13.2. The first kappa shape index (κ1) is 15.0. The summed E-state index contributed by atoms with van der Waals surface area (Å²) in [6.45, 7) is 6.05. The number of rotatable bonds is 6. The van der Waals surface area contributed by atoms with Gasteiger partial charge in [0.2, 0.25) is 0 Å². The minimum Gasteiger partial charge on any atom is -0.481 e. The highest BCUT2D eigenvalue weighted by Crippen LogP contribution is 2.28. The van der Waals surface area contributed by atoms with Gasteiger partial charge in [0.1, 0.15) is 10.8 Å². The van der Waals surface area contributed by atoms with Crippen LogP contribution in [-0.4, -0.2) is 36.6 Å². The predicted octanol–water partition coefficient (Wildman–Crippen LogP) is 2.39. The Bertz CT molecular complexity index is 608. The van der Waals surface area contributed by atoms with Gasteiger partial charge in [0.15, 0.2) is 5.16 Å². The number of hydrogen-bond acceptors (Lipinski definition) is 6. The van der Waals surface area contributed by atoms with Gasteiger partial charge in [-0.1, -0.05) is 18.7 Å². The zero-order valence-electron chi connectivity index (χ0n) is 11.5. The fourth-order valence-corrected chi connectivity index (χ4v) is 3.41. The molecule has 0 aromatic carbocycles. The average Bonchev–Trinajstić information content (AvgIpc) is 3.01. The van der Waals surface area contributed by atoms with Crippen LogP contribution in [0.15, 0.2) is 11.4 Å². The van der Waals surface area contributed by atoms with Crippen molar-refractivity contribution in [1.82, 2.24) is 19.7 Å². The highest BCUT2D eigenvalue weighted by Gasteiger charge is 2.20. The minimum atomic E-state index is -0.861. The molecule has 0 spiro atoms. The van der Waals surface area contributed by atoms with Crippen molar-refractivity contribution in [2.24, 2.45) is 0 Å². The molecular formula is C12H16N4O2S2. The van der Waals surface area contributed by atoms with Gasteiger partial charge in [-0.3, -0.25) is 9.36 Å². The Morgan fingerprint density at radius 3 is 2.85 bits per heavy atom. The van der Waals surface area contributed by atoms with E-state index in [-0.39, 0.29) is 11.8 Å². The summed E-state index contributed by atoms with van der Waals surface area (Å²) in [7, 11) is 0. The van der Waals surface area contributed by atoms with Crippen LogP contribution in [0, 0.1) is 6.92 Å². The molecule has 0 amide bonds. The lowest BCUT2D eigenvalue weighted by atomic mass is 10.3. The summed E-state index contributed by atoms with van der Waals surface area (Å²) in [5.74, 6) is -0.0376. The van der Waals surface area contributed by atoms with Crippen molar-refractivity contribution in [3.8, 4) is 0 Å². The zero-order chi connectivity index (χ0) is 14.7. The number of carboxylic acids is 1. The molecule has 0 saturated carbocycles. The topological polar surface area (TPSA) is 80.9 Å². The number of aryl methyl sites for hydroxylation is 2. The van der Waals surface area contributed by atoms with E-state index in [0.717, 1.165) is 22.1 Å². The molecule has 2 rings (SSSR count). The molecule has 108 valence electrons. The van der Waals surface area contributed by atoms with E-state index in [2.05, 4.69) is 15.2 Å². The number of aliphatic carboxylic acids is 1. The molecule has 0 radical (unpaired) electrons. The Labute approximate surface area is 125 Å². The lowest BCUT2D eigenvalue weighted by molar-refractivity contribution is -0.133.